The van der Waals surface area contributed by atoms with Crippen LogP contribution >= 0.6 is 0 Å². The summed E-state index contributed by atoms with van der Waals surface area (Å²) in [6.45, 7) is 2.37. The van der Waals surface area contributed by atoms with Gasteiger partial charge >= 0.3 is 19.1 Å². The number of aliphatic carboxylic acids is 2. The maximum Gasteiger partial charge on any atom is 0.451 e. The summed E-state index contributed by atoms with van der Waals surface area (Å²) in [6.07, 6.45) is 0.435. The molecular formula is C13H26BN3O8S. The molecule has 0 aromatic rings. The summed E-state index contributed by atoms with van der Waals surface area (Å²) in [5, 5.41) is 36.4. The summed E-state index contributed by atoms with van der Waals surface area (Å²) >= 11 is 0. The van der Waals surface area contributed by atoms with Gasteiger partial charge in [-0.3, -0.25) is 9.59 Å². The van der Waals surface area contributed by atoms with Gasteiger partial charge < -0.3 is 26.0 Å². The topological polar surface area (TPSA) is 190 Å². The number of carboxylic acid groups (broad SMARTS) is 2. The summed E-state index contributed by atoms with van der Waals surface area (Å²) in [4.78, 5) is 22.8. The van der Waals surface area contributed by atoms with Crippen molar-refractivity contribution in [2.24, 2.45) is 17.6 Å². The predicted octanol–water partition coefficient (Wildman–Crippen LogP) is -2.10. The fourth-order valence-electron chi connectivity index (χ4n) is 2.92. The van der Waals surface area contributed by atoms with Gasteiger partial charge in [0.2, 0.25) is 0 Å². The van der Waals surface area contributed by atoms with Gasteiger partial charge in [0.25, 0.3) is 10.2 Å². The Morgan fingerprint density at radius 2 is 1.92 bits per heavy atom. The molecule has 0 amide bonds. The van der Waals surface area contributed by atoms with Crippen molar-refractivity contribution in [3.8, 4) is 0 Å². The first-order valence-electron chi connectivity index (χ1n) is 8.20. The highest BCUT2D eigenvalue weighted by Gasteiger charge is 2.52. The van der Waals surface area contributed by atoms with Crippen LogP contribution in [0.5, 0.6) is 0 Å². The molecule has 0 spiro atoms. The number of nitrogens with zero attached hydrogens (tertiary/aromatic N) is 1. The van der Waals surface area contributed by atoms with E-state index in [9.17, 15) is 23.1 Å². The number of nitrogens with two attached hydrogens (primary N) is 1. The zero-order chi connectivity index (χ0) is 20.3. The third-order valence-electron chi connectivity index (χ3n) is 4.55. The van der Waals surface area contributed by atoms with Gasteiger partial charge in [-0.15, -0.1) is 0 Å². The molecule has 13 heteroatoms. The van der Waals surface area contributed by atoms with Crippen LogP contribution in [-0.4, -0.2) is 76.7 Å². The Kier molecular flexibility index (Phi) is 7.57. The van der Waals surface area contributed by atoms with Crippen LogP contribution in [0.4, 0.5) is 0 Å². The molecule has 150 valence electrons. The zero-order valence-electron chi connectivity index (χ0n) is 14.7. The van der Waals surface area contributed by atoms with Crippen LogP contribution in [0.15, 0.2) is 0 Å². The summed E-state index contributed by atoms with van der Waals surface area (Å²) in [7, 11) is -5.81. The van der Waals surface area contributed by atoms with Gasteiger partial charge in [0.1, 0.15) is 11.6 Å². The number of hydrogen-bond acceptors (Lipinski definition) is 7. The molecule has 0 bridgehead atoms. The van der Waals surface area contributed by atoms with Crippen LogP contribution in [0, 0.1) is 11.8 Å². The van der Waals surface area contributed by atoms with Crippen molar-refractivity contribution in [3.05, 3.63) is 0 Å². The summed E-state index contributed by atoms with van der Waals surface area (Å²) in [5.41, 5.74) is 4.08. The monoisotopic (exact) mass is 395 g/mol. The standard InChI is InChI=1S/C13H26BN3O8S/c1-8(2)10(11(18)19)16-26(24,25)17-6-9(4-3-5-14(22)23)13(15,7-17)12(20)21/h8-10,16,22-23H,3-7,15H2,1-2H3,(H,18,19)(H,20,21)/t9-,10+,13-/m1/s1. The number of hydrogen-bond donors (Lipinski definition) is 6. The third-order valence-corrected chi connectivity index (χ3v) is 6.06. The van der Waals surface area contributed by atoms with E-state index >= 15 is 0 Å². The molecule has 0 aliphatic carbocycles. The first kappa shape index (κ1) is 22.8. The Morgan fingerprint density at radius 3 is 2.35 bits per heavy atom. The van der Waals surface area contributed by atoms with E-state index in [1.54, 1.807) is 13.8 Å². The molecular weight excluding hydrogens is 369 g/mol. The van der Waals surface area contributed by atoms with E-state index in [0.717, 1.165) is 4.31 Å². The van der Waals surface area contributed by atoms with E-state index < -0.39 is 59.2 Å². The lowest BCUT2D eigenvalue weighted by atomic mass is 9.78. The molecule has 11 nitrogen and oxygen atoms in total. The molecule has 1 saturated heterocycles. The highest BCUT2D eigenvalue weighted by molar-refractivity contribution is 7.87. The minimum absolute atomic E-state index is 0.00559. The van der Waals surface area contributed by atoms with Crippen molar-refractivity contribution < 1.29 is 38.3 Å². The second-order valence-corrected chi connectivity index (χ2v) is 8.63. The minimum atomic E-state index is -4.27. The van der Waals surface area contributed by atoms with E-state index in [1.165, 1.54) is 0 Å². The fraction of sp³-hybridized carbons (Fsp3) is 0.846. The van der Waals surface area contributed by atoms with E-state index in [2.05, 4.69) is 4.72 Å². The van der Waals surface area contributed by atoms with E-state index in [-0.39, 0.29) is 25.7 Å². The van der Waals surface area contributed by atoms with Crippen LogP contribution in [0.25, 0.3) is 0 Å². The average molecular weight is 395 g/mol. The number of carboxylic acids is 2. The second-order valence-electron chi connectivity index (χ2n) is 6.93. The Balaban J connectivity index is 2.96. The van der Waals surface area contributed by atoms with Crippen LogP contribution in [0.3, 0.4) is 0 Å². The number of rotatable bonds is 10. The third kappa shape index (κ3) is 5.38. The van der Waals surface area contributed by atoms with E-state index in [1.807, 2.05) is 0 Å². The quantitative estimate of drug-likeness (QED) is 0.225. The maximum absolute atomic E-state index is 12.5. The van der Waals surface area contributed by atoms with Crippen LogP contribution in [-0.2, 0) is 19.8 Å². The molecule has 0 saturated carbocycles. The fourth-order valence-corrected chi connectivity index (χ4v) is 4.52. The molecule has 0 radical (unpaired) electrons. The predicted molar refractivity (Wildman–Crippen MR) is 92.2 cm³/mol. The van der Waals surface area contributed by atoms with Crippen molar-refractivity contribution in [1.82, 2.24) is 9.03 Å². The van der Waals surface area contributed by atoms with Gasteiger partial charge in [-0.25, -0.2) is 0 Å². The number of nitrogens with one attached hydrogen (secondary N) is 1. The van der Waals surface area contributed by atoms with Crippen LogP contribution < -0.4 is 10.5 Å². The van der Waals surface area contributed by atoms with Gasteiger partial charge in [-0.1, -0.05) is 20.3 Å². The van der Waals surface area contributed by atoms with Gasteiger partial charge in [-0.05, 0) is 18.7 Å². The second kappa shape index (κ2) is 8.63. The lowest BCUT2D eigenvalue weighted by molar-refractivity contribution is -0.144. The van der Waals surface area contributed by atoms with Crippen molar-refractivity contribution in [2.45, 2.75) is 44.6 Å². The normalized spacial score (nSPS) is 25.4. The highest BCUT2D eigenvalue weighted by atomic mass is 32.2. The highest BCUT2D eigenvalue weighted by Crippen LogP contribution is 2.32. The largest absolute Gasteiger partial charge is 0.480 e. The molecule has 0 unspecified atom stereocenters. The van der Waals surface area contributed by atoms with Crippen LogP contribution in [0.2, 0.25) is 6.32 Å². The molecule has 1 rings (SSSR count). The smallest absolute Gasteiger partial charge is 0.451 e. The molecule has 0 aromatic carbocycles. The van der Waals surface area contributed by atoms with Crippen molar-refractivity contribution in [2.75, 3.05) is 13.1 Å². The molecule has 0 aromatic heterocycles. The summed E-state index contributed by atoms with van der Waals surface area (Å²) in [5.74, 6) is -3.98. The molecule has 26 heavy (non-hydrogen) atoms. The minimum Gasteiger partial charge on any atom is -0.480 e. The molecule has 1 aliphatic heterocycles. The van der Waals surface area contributed by atoms with E-state index in [0.29, 0.717) is 0 Å². The summed E-state index contributed by atoms with van der Waals surface area (Å²) in [6, 6.07) is -1.36. The maximum atomic E-state index is 12.5. The SMILES string of the molecule is CC(C)[C@H](NS(=O)(=O)N1C[C@@H](CCCB(O)O)[C@@](N)(C(=O)O)C1)C(=O)O. The number of carbonyl (C=O) groups is 2. The average Bonchev–Trinajstić information content (AvgIpc) is 2.83. The van der Waals surface area contributed by atoms with Gasteiger partial charge in [0.05, 0.1) is 0 Å². The first-order valence-corrected chi connectivity index (χ1v) is 9.64. The van der Waals surface area contributed by atoms with Crippen LogP contribution in [0.1, 0.15) is 26.7 Å². The molecule has 3 atom stereocenters. The lowest BCUT2D eigenvalue weighted by Crippen LogP contribution is -2.56. The Hall–Kier alpha value is -1.25. The van der Waals surface area contributed by atoms with Crippen molar-refractivity contribution >= 4 is 29.3 Å². The Bertz CT molecular complexity index is 629. The van der Waals surface area contributed by atoms with E-state index in [4.69, 9.17) is 20.9 Å². The van der Waals surface area contributed by atoms with Gasteiger partial charge in [0.15, 0.2) is 0 Å². The molecule has 7 N–H and O–H groups in total. The molecule has 1 aliphatic rings. The Morgan fingerprint density at radius 1 is 1.35 bits per heavy atom. The van der Waals surface area contributed by atoms with Crippen molar-refractivity contribution in [3.63, 3.8) is 0 Å². The lowest BCUT2D eigenvalue weighted by Gasteiger charge is -2.25. The van der Waals surface area contributed by atoms with Gasteiger partial charge in [0, 0.05) is 19.0 Å². The molecule has 1 heterocycles. The Labute approximate surface area is 152 Å². The summed E-state index contributed by atoms with van der Waals surface area (Å²) < 4.78 is 27.9. The zero-order valence-corrected chi connectivity index (χ0v) is 15.5. The molecule has 1 fully saturated rings. The van der Waals surface area contributed by atoms with Gasteiger partial charge in [-0.2, -0.15) is 17.4 Å². The first-order chi connectivity index (χ1) is 11.8. The van der Waals surface area contributed by atoms with Crippen molar-refractivity contribution in [1.29, 1.82) is 0 Å².